The number of nitrogens with zero attached hydrogens (tertiary/aromatic N) is 1. The van der Waals surface area contributed by atoms with Gasteiger partial charge in [-0.05, 0) is 30.2 Å². The van der Waals surface area contributed by atoms with Gasteiger partial charge in [-0.25, -0.2) is 0 Å². The maximum atomic E-state index is 13.9. The number of hydrogen-bond donors (Lipinski definition) is 5. The van der Waals surface area contributed by atoms with Gasteiger partial charge in [0.2, 0.25) is 23.6 Å². The number of amidine groups is 1. The number of nitrogens with two attached hydrogens (primary N) is 1. The van der Waals surface area contributed by atoms with Crippen molar-refractivity contribution < 1.29 is 33.5 Å². The van der Waals surface area contributed by atoms with Crippen molar-refractivity contribution in [1.29, 1.82) is 5.41 Å². The van der Waals surface area contributed by atoms with Crippen LogP contribution in [-0.4, -0.2) is 84.9 Å². The SMILES string of the molecule is CC(CC[C@@H]1NC(=O)[C@H](C(C)C)N(C)C(=O)[C@@H](Cc2ccccc2)NC(=O)[C@H](COC=O)CC(=O)CNC1=O)CC(=N)N. The predicted molar refractivity (Wildman–Crippen MR) is 158 cm³/mol. The van der Waals surface area contributed by atoms with Gasteiger partial charge in [0.15, 0.2) is 5.78 Å². The number of benzene rings is 1. The Labute approximate surface area is 252 Å². The number of nitrogens with one attached hydrogen (secondary N) is 4. The van der Waals surface area contributed by atoms with Crippen LogP contribution in [0.5, 0.6) is 0 Å². The van der Waals surface area contributed by atoms with E-state index in [1.54, 1.807) is 38.1 Å². The second-order valence-corrected chi connectivity index (χ2v) is 11.4. The summed E-state index contributed by atoms with van der Waals surface area (Å²) in [6, 6.07) is 5.88. The van der Waals surface area contributed by atoms with Gasteiger partial charge in [-0.15, -0.1) is 0 Å². The van der Waals surface area contributed by atoms with Crippen LogP contribution >= 0.6 is 0 Å². The Hall–Kier alpha value is -4.29. The number of amides is 4. The summed E-state index contributed by atoms with van der Waals surface area (Å²) in [6.45, 7) is 4.75. The first-order valence-electron chi connectivity index (χ1n) is 14.4. The number of carbonyl (C=O) groups excluding carboxylic acids is 6. The summed E-state index contributed by atoms with van der Waals surface area (Å²) in [7, 11) is 1.47. The summed E-state index contributed by atoms with van der Waals surface area (Å²) in [5.41, 5.74) is 6.27. The Morgan fingerprint density at radius 1 is 1.05 bits per heavy atom. The Balaban J connectivity index is 2.49. The van der Waals surface area contributed by atoms with Gasteiger partial charge in [-0.3, -0.25) is 34.2 Å². The molecule has 0 spiro atoms. The quantitative estimate of drug-likeness (QED) is 0.136. The third-order valence-corrected chi connectivity index (χ3v) is 7.38. The maximum Gasteiger partial charge on any atom is 0.293 e. The van der Waals surface area contributed by atoms with E-state index in [-0.39, 0.29) is 43.4 Å². The molecule has 0 saturated carbocycles. The smallest absolute Gasteiger partial charge is 0.293 e. The molecule has 5 atom stereocenters. The molecule has 4 amide bonds. The van der Waals surface area contributed by atoms with E-state index in [1.807, 2.05) is 13.0 Å². The molecule has 1 unspecified atom stereocenters. The van der Waals surface area contributed by atoms with Crippen molar-refractivity contribution in [2.24, 2.45) is 23.5 Å². The zero-order chi connectivity index (χ0) is 32.1. The summed E-state index contributed by atoms with van der Waals surface area (Å²) < 4.78 is 4.81. The van der Waals surface area contributed by atoms with Gasteiger partial charge >= 0.3 is 0 Å². The fourth-order valence-electron chi connectivity index (χ4n) is 5.14. The minimum Gasteiger partial charge on any atom is -0.467 e. The molecule has 1 aliphatic heterocycles. The highest BCUT2D eigenvalue weighted by Gasteiger charge is 2.37. The molecular formula is C30H44N6O7. The minimum absolute atomic E-state index is 0.00925. The number of Topliss-reactive ketones (excluding diaryl/α,β-unsaturated/α-hetero) is 1. The fourth-order valence-corrected chi connectivity index (χ4v) is 5.14. The monoisotopic (exact) mass is 600 g/mol. The van der Waals surface area contributed by atoms with E-state index < -0.39 is 66.6 Å². The number of hydrogen-bond acceptors (Lipinski definition) is 8. The Morgan fingerprint density at radius 3 is 2.30 bits per heavy atom. The van der Waals surface area contributed by atoms with Crippen molar-refractivity contribution in [3.63, 3.8) is 0 Å². The lowest BCUT2D eigenvalue weighted by molar-refractivity contribution is -0.145. The van der Waals surface area contributed by atoms with Gasteiger partial charge in [-0.2, -0.15) is 0 Å². The molecule has 43 heavy (non-hydrogen) atoms. The van der Waals surface area contributed by atoms with Crippen LogP contribution in [0.1, 0.15) is 52.0 Å². The second-order valence-electron chi connectivity index (χ2n) is 11.4. The summed E-state index contributed by atoms with van der Waals surface area (Å²) in [5, 5.41) is 15.5. The van der Waals surface area contributed by atoms with Crippen LogP contribution in [0.2, 0.25) is 0 Å². The van der Waals surface area contributed by atoms with Crippen LogP contribution in [0.25, 0.3) is 0 Å². The van der Waals surface area contributed by atoms with Gasteiger partial charge < -0.3 is 31.3 Å². The van der Waals surface area contributed by atoms with E-state index in [2.05, 4.69) is 16.0 Å². The maximum absolute atomic E-state index is 13.9. The molecule has 0 bridgehead atoms. The van der Waals surface area contributed by atoms with Crippen LogP contribution < -0.4 is 21.7 Å². The zero-order valence-corrected chi connectivity index (χ0v) is 25.3. The topological polar surface area (TPSA) is 201 Å². The van der Waals surface area contributed by atoms with E-state index in [9.17, 15) is 28.8 Å². The van der Waals surface area contributed by atoms with Gasteiger partial charge in [0.05, 0.1) is 18.3 Å². The van der Waals surface area contributed by atoms with Gasteiger partial charge in [0.1, 0.15) is 24.7 Å². The molecule has 1 aromatic rings. The molecule has 0 radical (unpaired) electrons. The first-order chi connectivity index (χ1) is 20.3. The molecule has 1 aromatic carbocycles. The zero-order valence-electron chi connectivity index (χ0n) is 25.3. The van der Waals surface area contributed by atoms with Gasteiger partial charge in [0.25, 0.3) is 6.47 Å². The average Bonchev–Trinajstić information content (AvgIpc) is 2.94. The van der Waals surface area contributed by atoms with Crippen LogP contribution in [-0.2, 0) is 39.9 Å². The number of carbonyl (C=O) groups is 6. The molecular weight excluding hydrogens is 556 g/mol. The fraction of sp³-hybridized carbons (Fsp3) is 0.567. The van der Waals surface area contributed by atoms with Crippen LogP contribution in [0.4, 0.5) is 0 Å². The third kappa shape index (κ3) is 11.1. The number of rotatable bonds is 11. The first kappa shape index (κ1) is 34.9. The van der Waals surface area contributed by atoms with Crippen molar-refractivity contribution in [3.8, 4) is 0 Å². The predicted octanol–water partition coefficient (Wildman–Crippen LogP) is 0.302. The van der Waals surface area contributed by atoms with Crippen molar-refractivity contribution in [1.82, 2.24) is 20.9 Å². The number of likely N-dealkylation sites (N-methyl/N-ethyl adjacent to an activating group) is 1. The number of ketones is 1. The van der Waals surface area contributed by atoms with Gasteiger partial charge in [-0.1, -0.05) is 51.1 Å². The lowest BCUT2D eigenvalue weighted by Gasteiger charge is -2.34. The molecule has 1 fully saturated rings. The summed E-state index contributed by atoms with van der Waals surface area (Å²) in [4.78, 5) is 79.1. The highest BCUT2D eigenvalue weighted by molar-refractivity contribution is 5.97. The largest absolute Gasteiger partial charge is 0.467 e. The van der Waals surface area contributed by atoms with E-state index in [0.717, 1.165) is 5.56 Å². The highest BCUT2D eigenvalue weighted by atomic mass is 16.5. The van der Waals surface area contributed by atoms with E-state index >= 15 is 0 Å². The molecule has 0 aliphatic carbocycles. The normalized spacial score (nSPS) is 23.4. The number of ether oxygens (including phenoxy) is 1. The van der Waals surface area contributed by atoms with Crippen LogP contribution in [0.3, 0.4) is 0 Å². The van der Waals surface area contributed by atoms with Crippen molar-refractivity contribution >= 4 is 41.7 Å². The molecule has 13 heteroatoms. The minimum atomic E-state index is -1.11. The van der Waals surface area contributed by atoms with E-state index in [4.69, 9.17) is 15.9 Å². The van der Waals surface area contributed by atoms with Crippen LogP contribution in [0.15, 0.2) is 30.3 Å². The molecule has 6 N–H and O–H groups in total. The summed E-state index contributed by atoms with van der Waals surface area (Å²) >= 11 is 0. The molecule has 1 saturated heterocycles. The van der Waals surface area contributed by atoms with E-state index in [1.165, 1.54) is 11.9 Å². The Bertz CT molecular complexity index is 1160. The average molecular weight is 601 g/mol. The Kier molecular flexibility index (Phi) is 13.8. The Morgan fingerprint density at radius 2 is 1.70 bits per heavy atom. The third-order valence-electron chi connectivity index (χ3n) is 7.38. The molecule has 13 nitrogen and oxygen atoms in total. The molecule has 2 rings (SSSR count). The molecule has 236 valence electrons. The molecule has 1 aliphatic rings. The van der Waals surface area contributed by atoms with Crippen molar-refractivity contribution in [2.45, 2.75) is 71.0 Å². The molecule has 0 aromatic heterocycles. The highest BCUT2D eigenvalue weighted by Crippen LogP contribution is 2.17. The van der Waals surface area contributed by atoms with Crippen molar-refractivity contribution in [2.75, 3.05) is 20.2 Å². The first-order valence-corrected chi connectivity index (χ1v) is 14.4. The van der Waals surface area contributed by atoms with E-state index in [0.29, 0.717) is 12.8 Å². The summed E-state index contributed by atoms with van der Waals surface area (Å²) in [5.74, 6) is -4.40. The van der Waals surface area contributed by atoms with Crippen molar-refractivity contribution in [3.05, 3.63) is 35.9 Å². The summed E-state index contributed by atoms with van der Waals surface area (Å²) in [6.07, 6.45) is 0.725. The standard InChI is InChI=1S/C30H44N6O7/c1-18(2)26-29(41)34-23(11-10-19(3)12-25(31)32)28(40)33-15-22(38)14-21(16-43-17-37)27(39)35-24(30(42)36(26)4)13-20-8-6-5-7-9-20/h5-9,17-19,21,23-24,26H,10-16H2,1-4H3,(H3,31,32)(H,33,40)(H,34,41)(H,35,39)/t19?,21-,23-,24+,26-/m0/s1. The lowest BCUT2D eigenvalue weighted by Crippen LogP contribution is -2.59. The molecule has 1 heterocycles. The lowest BCUT2D eigenvalue weighted by atomic mass is 9.96. The van der Waals surface area contributed by atoms with Crippen LogP contribution in [0, 0.1) is 23.2 Å². The second kappa shape index (κ2) is 17.0. The van der Waals surface area contributed by atoms with Gasteiger partial charge in [0, 0.05) is 26.3 Å².